The first-order chi connectivity index (χ1) is 19.9. The molecule has 0 amide bonds. The number of benzene rings is 1. The van der Waals surface area contributed by atoms with Crippen molar-refractivity contribution in [3.63, 3.8) is 0 Å². The van der Waals surface area contributed by atoms with Gasteiger partial charge in [0.25, 0.3) is 0 Å². The Morgan fingerprint density at radius 1 is 1.16 bits per heavy atom. The van der Waals surface area contributed by atoms with Crippen LogP contribution in [0.25, 0.3) is 0 Å². The zero-order chi connectivity index (χ0) is 31.7. The maximum absolute atomic E-state index is 13.7. The van der Waals surface area contributed by atoms with Crippen molar-refractivity contribution in [3.05, 3.63) is 53.1 Å². The molecule has 1 heterocycles. The van der Waals surface area contributed by atoms with Crippen molar-refractivity contribution in [2.24, 2.45) is 28.6 Å². The average molecular weight is 609 g/mol. The van der Waals surface area contributed by atoms with Crippen LogP contribution >= 0.6 is 0 Å². The van der Waals surface area contributed by atoms with Gasteiger partial charge < -0.3 is 19.0 Å². The fourth-order valence-corrected chi connectivity index (χ4v) is 9.28. The predicted molar refractivity (Wildman–Crippen MR) is 167 cm³/mol. The van der Waals surface area contributed by atoms with Crippen molar-refractivity contribution in [1.29, 1.82) is 0 Å². The van der Waals surface area contributed by atoms with Crippen LogP contribution in [0.2, 0.25) is 18.1 Å². The first-order valence-electron chi connectivity index (χ1n) is 15.6. The van der Waals surface area contributed by atoms with E-state index in [1.165, 1.54) is 13.2 Å². The van der Waals surface area contributed by atoms with Gasteiger partial charge >= 0.3 is 11.9 Å². The molecule has 3 aliphatic carbocycles. The number of carbonyl (C=O) groups is 3. The number of methoxy groups -OCH3 is 1. The van der Waals surface area contributed by atoms with Gasteiger partial charge in [0.15, 0.2) is 5.78 Å². The van der Waals surface area contributed by atoms with E-state index in [0.29, 0.717) is 19.3 Å². The van der Waals surface area contributed by atoms with Gasteiger partial charge in [0.05, 0.1) is 18.6 Å². The van der Waals surface area contributed by atoms with E-state index in [0.717, 1.165) is 22.5 Å². The smallest absolute Gasteiger partial charge is 0.316 e. The zero-order valence-corrected chi connectivity index (χ0v) is 28.2. The monoisotopic (exact) mass is 608 g/mol. The summed E-state index contributed by atoms with van der Waals surface area (Å²) in [6, 6.07) is 8.25. The van der Waals surface area contributed by atoms with Crippen LogP contribution in [0.4, 0.5) is 0 Å². The van der Waals surface area contributed by atoms with E-state index in [4.69, 9.17) is 13.9 Å². The molecule has 234 valence electrons. The standard InChI is InChI=1S/C35H48O7Si/c1-20-24(21-11-10-12-23(15-21)42-43(8,9)33(2,3)4)18-27(36)25(20)16-22-17-28-31-34(5,32(39)41-28)14-13-29(37)35(31,6)26(22)19-30(38)40-7/h10-15,22,24,26-28,31,36H,16-19H2,1-9H3/t22-,24+,26+,27+,28+,31+,34-,35+/m1/s1. The molecule has 8 heteroatoms. The minimum absolute atomic E-state index is 0.0331. The summed E-state index contributed by atoms with van der Waals surface area (Å²) >= 11 is 0. The van der Waals surface area contributed by atoms with Crippen molar-refractivity contribution in [2.45, 2.75) is 103 Å². The van der Waals surface area contributed by atoms with Gasteiger partial charge in [-0.15, -0.1) is 0 Å². The fourth-order valence-electron chi connectivity index (χ4n) is 8.26. The van der Waals surface area contributed by atoms with Crippen molar-refractivity contribution >= 4 is 26.0 Å². The molecule has 8 atom stereocenters. The fraction of sp³-hybridized carbons (Fsp3) is 0.629. The van der Waals surface area contributed by atoms with Gasteiger partial charge in [0.1, 0.15) is 11.9 Å². The summed E-state index contributed by atoms with van der Waals surface area (Å²) in [5, 5.41) is 11.5. The third kappa shape index (κ3) is 5.12. The molecular formula is C35H48O7Si. The topological polar surface area (TPSA) is 99.1 Å². The second-order valence-electron chi connectivity index (χ2n) is 15.2. The van der Waals surface area contributed by atoms with E-state index in [-0.39, 0.29) is 52.9 Å². The summed E-state index contributed by atoms with van der Waals surface area (Å²) in [5.74, 6) is -0.737. The number of carbonyl (C=O) groups excluding carboxylic acids is 3. The third-order valence-corrected chi connectivity index (χ3v) is 16.1. The zero-order valence-electron chi connectivity index (χ0n) is 27.2. The molecule has 2 fully saturated rings. The number of ether oxygens (including phenoxy) is 2. The highest BCUT2D eigenvalue weighted by Gasteiger charge is 2.69. The molecule has 1 saturated carbocycles. The SMILES string of the molecule is COC(=O)C[C@H]1[C@H](CC2=C(C)[C@@H](c3cccc(O[Si](C)(C)C(C)(C)C)c3)C[C@@H]2O)C[C@@H]2OC(=O)[C@]3(C)C=CC(=O)[C@@]1(C)[C@@H]23. The van der Waals surface area contributed by atoms with Crippen molar-refractivity contribution in [3.8, 4) is 5.75 Å². The highest BCUT2D eigenvalue weighted by atomic mass is 28.4. The second kappa shape index (κ2) is 10.7. The molecule has 4 aliphatic rings. The van der Waals surface area contributed by atoms with E-state index in [1.807, 2.05) is 26.0 Å². The minimum atomic E-state index is -2.02. The van der Waals surface area contributed by atoms with Crippen LogP contribution in [-0.2, 0) is 23.9 Å². The molecule has 0 spiro atoms. The average Bonchev–Trinajstić information content (AvgIpc) is 3.35. The summed E-state index contributed by atoms with van der Waals surface area (Å²) in [6.07, 6.45) is 3.84. The van der Waals surface area contributed by atoms with E-state index in [2.05, 4.69) is 52.9 Å². The molecule has 0 bridgehead atoms. The molecule has 1 aromatic rings. The molecule has 1 N–H and O–H groups in total. The Kier molecular flexibility index (Phi) is 7.91. The summed E-state index contributed by atoms with van der Waals surface area (Å²) < 4.78 is 17.6. The Bertz CT molecular complexity index is 1390. The quantitative estimate of drug-likeness (QED) is 0.214. The van der Waals surface area contributed by atoms with Crippen LogP contribution < -0.4 is 4.43 Å². The van der Waals surface area contributed by atoms with Crippen LogP contribution in [-0.4, -0.2) is 50.5 Å². The molecule has 1 aromatic carbocycles. The molecule has 1 saturated heterocycles. The molecule has 5 rings (SSSR count). The summed E-state index contributed by atoms with van der Waals surface area (Å²) in [7, 11) is -0.656. The number of rotatable bonds is 7. The lowest BCUT2D eigenvalue weighted by Gasteiger charge is -2.54. The van der Waals surface area contributed by atoms with Crippen LogP contribution in [0.1, 0.15) is 78.7 Å². The number of aliphatic hydroxyl groups is 1. The van der Waals surface area contributed by atoms with Crippen LogP contribution in [0.3, 0.4) is 0 Å². The lowest BCUT2D eigenvalue weighted by atomic mass is 9.46. The first-order valence-corrected chi connectivity index (χ1v) is 18.5. The minimum Gasteiger partial charge on any atom is -0.543 e. The van der Waals surface area contributed by atoms with Gasteiger partial charge in [-0.05, 0) is 92.4 Å². The normalized spacial score (nSPS) is 35.6. The van der Waals surface area contributed by atoms with Gasteiger partial charge in [-0.3, -0.25) is 14.4 Å². The molecule has 0 unspecified atom stereocenters. The molecule has 0 aromatic heterocycles. The lowest BCUT2D eigenvalue weighted by Crippen LogP contribution is -2.58. The lowest BCUT2D eigenvalue weighted by molar-refractivity contribution is -0.156. The number of ketones is 1. The Hall–Kier alpha value is -2.71. The maximum atomic E-state index is 13.7. The highest BCUT2D eigenvalue weighted by molar-refractivity contribution is 6.74. The number of hydrogen-bond acceptors (Lipinski definition) is 7. The summed E-state index contributed by atoms with van der Waals surface area (Å²) in [6.45, 7) is 17.0. The summed E-state index contributed by atoms with van der Waals surface area (Å²) in [4.78, 5) is 39.5. The molecular weight excluding hydrogens is 560 g/mol. The molecule has 1 aliphatic heterocycles. The number of esters is 2. The van der Waals surface area contributed by atoms with Gasteiger partial charge in [0, 0.05) is 23.7 Å². The van der Waals surface area contributed by atoms with Gasteiger partial charge in [0.2, 0.25) is 8.32 Å². The van der Waals surface area contributed by atoms with Crippen LogP contribution in [0, 0.1) is 28.6 Å². The summed E-state index contributed by atoms with van der Waals surface area (Å²) in [5.41, 5.74) is 1.30. The molecule has 7 nitrogen and oxygen atoms in total. The highest BCUT2D eigenvalue weighted by Crippen LogP contribution is 2.64. The van der Waals surface area contributed by atoms with Crippen molar-refractivity contribution < 1.29 is 33.4 Å². The number of hydrogen-bond donors (Lipinski definition) is 1. The van der Waals surface area contributed by atoms with E-state index in [1.54, 1.807) is 6.08 Å². The third-order valence-electron chi connectivity index (χ3n) is 11.8. The Morgan fingerprint density at radius 2 is 1.86 bits per heavy atom. The van der Waals surface area contributed by atoms with Gasteiger partial charge in [-0.1, -0.05) is 51.5 Å². The van der Waals surface area contributed by atoms with E-state index in [9.17, 15) is 19.5 Å². The second-order valence-corrected chi connectivity index (χ2v) is 19.9. The predicted octanol–water partition coefficient (Wildman–Crippen LogP) is 6.52. The van der Waals surface area contributed by atoms with Crippen molar-refractivity contribution in [1.82, 2.24) is 0 Å². The van der Waals surface area contributed by atoms with Gasteiger partial charge in [-0.2, -0.15) is 0 Å². The van der Waals surface area contributed by atoms with Crippen LogP contribution in [0.5, 0.6) is 5.75 Å². The van der Waals surface area contributed by atoms with Crippen LogP contribution in [0.15, 0.2) is 47.6 Å². The van der Waals surface area contributed by atoms with Crippen molar-refractivity contribution in [2.75, 3.05) is 7.11 Å². The van der Waals surface area contributed by atoms with Gasteiger partial charge in [-0.25, -0.2) is 0 Å². The molecule has 43 heavy (non-hydrogen) atoms. The largest absolute Gasteiger partial charge is 0.543 e. The Morgan fingerprint density at radius 3 is 2.51 bits per heavy atom. The van der Waals surface area contributed by atoms with E-state index >= 15 is 0 Å². The number of aliphatic hydroxyl groups excluding tert-OH is 1. The Labute approximate surface area is 257 Å². The number of allylic oxidation sites excluding steroid dienone is 2. The first kappa shape index (κ1) is 31.7. The van der Waals surface area contributed by atoms with E-state index < -0.39 is 31.4 Å². The maximum Gasteiger partial charge on any atom is 0.316 e. The molecule has 0 radical (unpaired) electrons. The Balaban J connectivity index is 1.47.